The Hall–Kier alpha value is -1.94. The molecule has 0 bridgehead atoms. The van der Waals surface area contributed by atoms with Crippen molar-refractivity contribution >= 4 is 0 Å². The van der Waals surface area contributed by atoms with Crippen LogP contribution >= 0.6 is 0 Å². The van der Waals surface area contributed by atoms with Crippen molar-refractivity contribution < 1.29 is 9.13 Å². The van der Waals surface area contributed by atoms with Gasteiger partial charge in [0.05, 0.1) is 0 Å². The number of halogens is 1. The Morgan fingerprint density at radius 1 is 1.21 bits per heavy atom. The molecule has 1 aromatic carbocycles. The molecule has 1 aromatic heterocycles. The van der Waals surface area contributed by atoms with Crippen molar-refractivity contribution in [2.75, 3.05) is 7.05 Å². The van der Waals surface area contributed by atoms with E-state index in [9.17, 15) is 4.39 Å². The summed E-state index contributed by atoms with van der Waals surface area (Å²) < 4.78 is 19.1. The van der Waals surface area contributed by atoms with E-state index in [0.717, 1.165) is 16.8 Å². The topological polar surface area (TPSA) is 34.2 Å². The van der Waals surface area contributed by atoms with Crippen LogP contribution < -0.4 is 10.1 Å². The number of hydrogen-bond donors (Lipinski definition) is 1. The van der Waals surface area contributed by atoms with Crippen LogP contribution in [0.15, 0.2) is 30.5 Å². The zero-order chi connectivity index (χ0) is 13.8. The van der Waals surface area contributed by atoms with Crippen LogP contribution in [-0.2, 0) is 6.54 Å². The van der Waals surface area contributed by atoms with Crippen molar-refractivity contribution in [2.24, 2.45) is 0 Å². The fraction of sp³-hybridized carbons (Fsp3) is 0.267. The summed E-state index contributed by atoms with van der Waals surface area (Å²) in [6.45, 7) is 4.44. The van der Waals surface area contributed by atoms with E-state index in [-0.39, 0.29) is 5.82 Å². The Morgan fingerprint density at radius 3 is 2.74 bits per heavy atom. The van der Waals surface area contributed by atoms with Gasteiger partial charge in [-0.2, -0.15) is 0 Å². The predicted molar refractivity (Wildman–Crippen MR) is 72.9 cm³/mol. The van der Waals surface area contributed by atoms with Crippen molar-refractivity contribution in [1.82, 2.24) is 10.3 Å². The Kier molecular flexibility index (Phi) is 4.12. The van der Waals surface area contributed by atoms with E-state index < -0.39 is 0 Å². The van der Waals surface area contributed by atoms with Gasteiger partial charge in [0, 0.05) is 36.1 Å². The van der Waals surface area contributed by atoms with Crippen LogP contribution in [0.5, 0.6) is 11.5 Å². The maximum absolute atomic E-state index is 13.3. The van der Waals surface area contributed by atoms with E-state index in [2.05, 4.69) is 10.3 Å². The Morgan fingerprint density at radius 2 is 2.00 bits per heavy atom. The lowest BCUT2D eigenvalue weighted by atomic mass is 10.2. The highest BCUT2D eigenvalue weighted by Crippen LogP contribution is 2.28. The number of hydrogen-bond acceptors (Lipinski definition) is 3. The summed E-state index contributed by atoms with van der Waals surface area (Å²) in [5, 5.41) is 3.06. The predicted octanol–water partition coefficient (Wildman–Crippen LogP) is 3.35. The first-order chi connectivity index (χ1) is 9.10. The van der Waals surface area contributed by atoms with Gasteiger partial charge in [-0.05, 0) is 32.5 Å². The van der Waals surface area contributed by atoms with Gasteiger partial charge >= 0.3 is 0 Å². The van der Waals surface area contributed by atoms with Crippen molar-refractivity contribution in [1.29, 1.82) is 0 Å². The van der Waals surface area contributed by atoms with Gasteiger partial charge in [-0.25, -0.2) is 4.39 Å². The summed E-state index contributed by atoms with van der Waals surface area (Å²) in [6.07, 6.45) is 1.77. The van der Waals surface area contributed by atoms with Crippen LogP contribution in [0.3, 0.4) is 0 Å². The highest BCUT2D eigenvalue weighted by molar-refractivity contribution is 5.41. The molecular formula is C15H17FN2O. The van der Waals surface area contributed by atoms with Gasteiger partial charge in [0.15, 0.2) is 0 Å². The molecule has 0 aliphatic heterocycles. The molecule has 0 radical (unpaired) electrons. The van der Waals surface area contributed by atoms with E-state index in [1.54, 1.807) is 12.3 Å². The molecule has 0 amide bonds. The number of nitrogens with zero attached hydrogens (tertiary/aromatic N) is 1. The molecule has 100 valence electrons. The average molecular weight is 260 g/mol. The molecule has 0 saturated carbocycles. The number of aryl methyl sites for hydroxylation is 2. The second kappa shape index (κ2) is 5.80. The highest BCUT2D eigenvalue weighted by atomic mass is 19.1. The summed E-state index contributed by atoms with van der Waals surface area (Å²) in [6, 6.07) is 6.39. The molecule has 2 aromatic rings. The summed E-state index contributed by atoms with van der Waals surface area (Å²) in [5.74, 6) is 0.931. The van der Waals surface area contributed by atoms with Gasteiger partial charge in [0.1, 0.15) is 17.3 Å². The SMILES string of the molecule is CNCc1cnc(C)cc1Oc1cc(F)ccc1C. The molecule has 0 aliphatic carbocycles. The Labute approximate surface area is 112 Å². The molecule has 0 fully saturated rings. The zero-order valence-corrected chi connectivity index (χ0v) is 11.3. The molecule has 2 rings (SSSR count). The fourth-order valence-electron chi connectivity index (χ4n) is 1.78. The molecular weight excluding hydrogens is 243 g/mol. The van der Waals surface area contributed by atoms with Gasteiger partial charge in [-0.1, -0.05) is 6.07 Å². The molecule has 0 aliphatic rings. The maximum Gasteiger partial charge on any atom is 0.135 e. The Bertz CT molecular complexity index is 584. The average Bonchev–Trinajstić information content (AvgIpc) is 2.37. The first kappa shape index (κ1) is 13.5. The lowest BCUT2D eigenvalue weighted by Crippen LogP contribution is -2.07. The van der Waals surface area contributed by atoms with Gasteiger partial charge in [-0.3, -0.25) is 4.98 Å². The third kappa shape index (κ3) is 3.29. The largest absolute Gasteiger partial charge is 0.457 e. The number of ether oxygens (including phenoxy) is 1. The zero-order valence-electron chi connectivity index (χ0n) is 11.3. The van der Waals surface area contributed by atoms with Crippen LogP contribution in [0.1, 0.15) is 16.8 Å². The minimum atomic E-state index is -0.304. The summed E-state index contributed by atoms with van der Waals surface area (Å²) >= 11 is 0. The minimum absolute atomic E-state index is 0.304. The lowest BCUT2D eigenvalue weighted by Gasteiger charge is -2.13. The van der Waals surface area contributed by atoms with Crippen LogP contribution in [0.2, 0.25) is 0 Å². The molecule has 3 nitrogen and oxygen atoms in total. The quantitative estimate of drug-likeness (QED) is 0.915. The monoisotopic (exact) mass is 260 g/mol. The third-order valence-electron chi connectivity index (χ3n) is 2.82. The number of nitrogens with one attached hydrogen (secondary N) is 1. The van der Waals surface area contributed by atoms with E-state index >= 15 is 0 Å². The first-order valence-electron chi connectivity index (χ1n) is 6.14. The number of benzene rings is 1. The van der Waals surface area contributed by atoms with Crippen molar-refractivity contribution in [2.45, 2.75) is 20.4 Å². The van der Waals surface area contributed by atoms with Crippen molar-refractivity contribution in [3.8, 4) is 11.5 Å². The van der Waals surface area contributed by atoms with Gasteiger partial charge < -0.3 is 10.1 Å². The smallest absolute Gasteiger partial charge is 0.135 e. The maximum atomic E-state index is 13.3. The standard InChI is InChI=1S/C15H17FN2O/c1-10-4-5-13(16)7-14(10)19-15-6-11(2)18-9-12(15)8-17-3/h4-7,9,17H,8H2,1-3H3. The second-order valence-corrected chi connectivity index (χ2v) is 4.48. The van der Waals surface area contributed by atoms with E-state index in [4.69, 9.17) is 4.74 Å². The van der Waals surface area contributed by atoms with E-state index in [1.807, 2.05) is 27.0 Å². The van der Waals surface area contributed by atoms with Crippen LogP contribution in [-0.4, -0.2) is 12.0 Å². The molecule has 19 heavy (non-hydrogen) atoms. The number of rotatable bonds is 4. The molecule has 1 heterocycles. The van der Waals surface area contributed by atoms with E-state index in [1.165, 1.54) is 12.1 Å². The van der Waals surface area contributed by atoms with Crippen molar-refractivity contribution in [3.05, 3.63) is 53.1 Å². The second-order valence-electron chi connectivity index (χ2n) is 4.48. The third-order valence-corrected chi connectivity index (χ3v) is 2.82. The summed E-state index contributed by atoms with van der Waals surface area (Å²) in [7, 11) is 1.86. The minimum Gasteiger partial charge on any atom is -0.457 e. The van der Waals surface area contributed by atoms with Gasteiger partial charge in [0.25, 0.3) is 0 Å². The fourth-order valence-corrected chi connectivity index (χ4v) is 1.78. The number of pyridine rings is 1. The molecule has 4 heteroatoms. The summed E-state index contributed by atoms with van der Waals surface area (Å²) in [4.78, 5) is 4.25. The first-order valence-corrected chi connectivity index (χ1v) is 6.14. The molecule has 0 spiro atoms. The molecule has 0 unspecified atom stereocenters. The molecule has 0 atom stereocenters. The highest BCUT2D eigenvalue weighted by Gasteiger charge is 2.08. The molecule has 0 saturated heterocycles. The van der Waals surface area contributed by atoms with E-state index in [0.29, 0.717) is 18.0 Å². The van der Waals surface area contributed by atoms with Crippen LogP contribution in [0.25, 0.3) is 0 Å². The van der Waals surface area contributed by atoms with Crippen LogP contribution in [0.4, 0.5) is 4.39 Å². The lowest BCUT2D eigenvalue weighted by molar-refractivity contribution is 0.464. The van der Waals surface area contributed by atoms with Crippen molar-refractivity contribution in [3.63, 3.8) is 0 Å². The normalized spacial score (nSPS) is 10.5. The number of aromatic nitrogens is 1. The Balaban J connectivity index is 2.36. The van der Waals surface area contributed by atoms with Crippen LogP contribution in [0, 0.1) is 19.7 Å². The van der Waals surface area contributed by atoms with Gasteiger partial charge in [-0.15, -0.1) is 0 Å². The summed E-state index contributed by atoms with van der Waals surface area (Å²) in [5.41, 5.74) is 2.70. The van der Waals surface area contributed by atoms with Gasteiger partial charge in [0.2, 0.25) is 0 Å². The molecule has 1 N–H and O–H groups in total.